The standard InChI is InChI=1S/C11H21NO2/c1-4-11(2,10(13)14)8-12(3)9-6-5-7-9/h9H,4-8H2,1-3H3,(H,13,14). The van der Waals surface area contributed by atoms with Gasteiger partial charge in [0.2, 0.25) is 0 Å². The molecule has 3 heteroatoms. The van der Waals surface area contributed by atoms with Crippen LogP contribution in [0.3, 0.4) is 0 Å². The van der Waals surface area contributed by atoms with Crippen molar-refractivity contribution in [3.63, 3.8) is 0 Å². The summed E-state index contributed by atoms with van der Waals surface area (Å²) in [5.41, 5.74) is -0.579. The summed E-state index contributed by atoms with van der Waals surface area (Å²) in [4.78, 5) is 13.3. The topological polar surface area (TPSA) is 40.5 Å². The molecule has 0 heterocycles. The first kappa shape index (κ1) is 11.5. The fourth-order valence-electron chi connectivity index (χ4n) is 1.84. The van der Waals surface area contributed by atoms with Crippen LogP contribution in [0.1, 0.15) is 39.5 Å². The Kier molecular flexibility index (Phi) is 3.53. The summed E-state index contributed by atoms with van der Waals surface area (Å²) in [6.07, 6.45) is 4.45. The molecule has 1 aliphatic rings. The maximum Gasteiger partial charge on any atom is 0.310 e. The van der Waals surface area contributed by atoms with Crippen LogP contribution in [0.5, 0.6) is 0 Å². The Morgan fingerprint density at radius 1 is 1.57 bits per heavy atom. The first-order valence-electron chi connectivity index (χ1n) is 5.43. The summed E-state index contributed by atoms with van der Waals surface area (Å²) in [5.74, 6) is -0.675. The minimum Gasteiger partial charge on any atom is -0.481 e. The van der Waals surface area contributed by atoms with Gasteiger partial charge in [0, 0.05) is 12.6 Å². The van der Waals surface area contributed by atoms with Crippen LogP contribution >= 0.6 is 0 Å². The molecule has 1 N–H and O–H groups in total. The number of hydrogen-bond acceptors (Lipinski definition) is 2. The van der Waals surface area contributed by atoms with Crippen LogP contribution < -0.4 is 0 Å². The molecular formula is C11H21NO2. The average Bonchev–Trinajstić information content (AvgIpc) is 2.00. The van der Waals surface area contributed by atoms with E-state index in [1.165, 1.54) is 19.3 Å². The third kappa shape index (κ3) is 2.27. The van der Waals surface area contributed by atoms with E-state index in [0.29, 0.717) is 19.0 Å². The number of nitrogens with zero attached hydrogens (tertiary/aromatic N) is 1. The summed E-state index contributed by atoms with van der Waals surface area (Å²) in [6.45, 7) is 4.46. The van der Waals surface area contributed by atoms with E-state index in [4.69, 9.17) is 5.11 Å². The molecule has 0 aliphatic heterocycles. The fourth-order valence-corrected chi connectivity index (χ4v) is 1.84. The number of carboxylic acid groups (broad SMARTS) is 1. The van der Waals surface area contributed by atoms with Crippen LogP contribution in [-0.4, -0.2) is 35.6 Å². The van der Waals surface area contributed by atoms with Crippen LogP contribution in [0.25, 0.3) is 0 Å². The molecule has 1 fully saturated rings. The van der Waals surface area contributed by atoms with Gasteiger partial charge in [-0.2, -0.15) is 0 Å². The maximum atomic E-state index is 11.1. The second-order valence-corrected chi connectivity index (χ2v) is 4.72. The second-order valence-electron chi connectivity index (χ2n) is 4.72. The number of carboxylic acids is 1. The second kappa shape index (κ2) is 4.30. The SMILES string of the molecule is CCC(C)(CN(C)C1CCC1)C(=O)O. The van der Waals surface area contributed by atoms with Gasteiger partial charge in [-0.05, 0) is 33.2 Å². The van der Waals surface area contributed by atoms with Crippen molar-refractivity contribution in [3.8, 4) is 0 Å². The summed E-state index contributed by atoms with van der Waals surface area (Å²) >= 11 is 0. The van der Waals surface area contributed by atoms with Gasteiger partial charge < -0.3 is 10.0 Å². The molecule has 1 unspecified atom stereocenters. The van der Waals surface area contributed by atoms with E-state index < -0.39 is 11.4 Å². The number of aliphatic carboxylic acids is 1. The minimum atomic E-state index is -0.675. The molecule has 0 aromatic carbocycles. The van der Waals surface area contributed by atoms with E-state index in [1.807, 2.05) is 20.9 Å². The number of hydrogen-bond donors (Lipinski definition) is 1. The maximum absolute atomic E-state index is 11.1. The number of rotatable bonds is 5. The van der Waals surface area contributed by atoms with Crippen LogP contribution in [0, 0.1) is 5.41 Å². The van der Waals surface area contributed by atoms with E-state index in [-0.39, 0.29) is 0 Å². The largest absolute Gasteiger partial charge is 0.481 e. The molecule has 0 aromatic heterocycles. The first-order valence-corrected chi connectivity index (χ1v) is 5.43. The smallest absolute Gasteiger partial charge is 0.310 e. The highest BCUT2D eigenvalue weighted by molar-refractivity contribution is 5.74. The summed E-state index contributed by atoms with van der Waals surface area (Å²) in [5, 5.41) is 9.13. The van der Waals surface area contributed by atoms with Crippen molar-refractivity contribution in [2.24, 2.45) is 5.41 Å². The van der Waals surface area contributed by atoms with Gasteiger partial charge in [0.1, 0.15) is 0 Å². The lowest BCUT2D eigenvalue weighted by Crippen LogP contribution is -2.45. The molecule has 1 rings (SSSR count). The molecule has 82 valence electrons. The van der Waals surface area contributed by atoms with E-state index in [1.54, 1.807) is 0 Å². The molecule has 0 bridgehead atoms. The molecule has 1 saturated carbocycles. The Balaban J connectivity index is 2.50. The van der Waals surface area contributed by atoms with E-state index >= 15 is 0 Å². The van der Waals surface area contributed by atoms with Gasteiger partial charge >= 0.3 is 5.97 Å². The Hall–Kier alpha value is -0.570. The third-order valence-electron chi connectivity index (χ3n) is 3.59. The zero-order chi connectivity index (χ0) is 10.8. The highest BCUT2D eigenvalue weighted by Gasteiger charge is 2.35. The van der Waals surface area contributed by atoms with Gasteiger partial charge in [-0.15, -0.1) is 0 Å². The summed E-state index contributed by atoms with van der Waals surface area (Å²) < 4.78 is 0. The van der Waals surface area contributed by atoms with Crippen molar-refractivity contribution in [1.82, 2.24) is 4.90 Å². The van der Waals surface area contributed by atoms with Crippen molar-refractivity contribution >= 4 is 5.97 Å². The van der Waals surface area contributed by atoms with E-state index in [2.05, 4.69) is 4.90 Å². The molecule has 14 heavy (non-hydrogen) atoms. The number of carbonyl (C=O) groups is 1. The highest BCUT2D eigenvalue weighted by Crippen LogP contribution is 2.29. The van der Waals surface area contributed by atoms with Crippen LogP contribution in [-0.2, 0) is 4.79 Å². The monoisotopic (exact) mass is 199 g/mol. The first-order chi connectivity index (χ1) is 6.49. The van der Waals surface area contributed by atoms with Crippen molar-refractivity contribution < 1.29 is 9.90 Å². The lowest BCUT2D eigenvalue weighted by atomic mass is 9.84. The van der Waals surface area contributed by atoms with Crippen molar-refractivity contribution in [3.05, 3.63) is 0 Å². The fraction of sp³-hybridized carbons (Fsp3) is 0.909. The van der Waals surface area contributed by atoms with E-state index in [0.717, 1.165) is 0 Å². The Morgan fingerprint density at radius 3 is 2.43 bits per heavy atom. The zero-order valence-corrected chi connectivity index (χ0v) is 9.42. The van der Waals surface area contributed by atoms with Crippen molar-refractivity contribution in [2.45, 2.75) is 45.6 Å². The molecule has 1 aliphatic carbocycles. The molecule has 1 atom stereocenters. The lowest BCUT2D eigenvalue weighted by molar-refractivity contribution is -0.149. The van der Waals surface area contributed by atoms with Crippen molar-refractivity contribution in [2.75, 3.05) is 13.6 Å². The normalized spacial score (nSPS) is 21.7. The van der Waals surface area contributed by atoms with Gasteiger partial charge in [0.05, 0.1) is 5.41 Å². The third-order valence-corrected chi connectivity index (χ3v) is 3.59. The van der Waals surface area contributed by atoms with Gasteiger partial charge in [-0.25, -0.2) is 0 Å². The molecule has 0 saturated heterocycles. The molecular weight excluding hydrogens is 178 g/mol. The quantitative estimate of drug-likeness (QED) is 0.736. The molecule has 0 radical (unpaired) electrons. The van der Waals surface area contributed by atoms with Gasteiger partial charge in [-0.3, -0.25) is 4.79 Å². The Morgan fingerprint density at radius 2 is 2.14 bits per heavy atom. The minimum absolute atomic E-state index is 0.579. The molecule has 0 spiro atoms. The predicted molar refractivity (Wildman–Crippen MR) is 56.3 cm³/mol. The zero-order valence-electron chi connectivity index (χ0n) is 9.42. The van der Waals surface area contributed by atoms with Crippen molar-refractivity contribution in [1.29, 1.82) is 0 Å². The van der Waals surface area contributed by atoms with Crippen LogP contribution in [0.4, 0.5) is 0 Å². The molecule has 0 aromatic rings. The van der Waals surface area contributed by atoms with Crippen LogP contribution in [0.2, 0.25) is 0 Å². The Labute approximate surface area is 86.1 Å². The van der Waals surface area contributed by atoms with E-state index in [9.17, 15) is 4.79 Å². The molecule has 3 nitrogen and oxygen atoms in total. The molecule has 0 amide bonds. The summed E-state index contributed by atoms with van der Waals surface area (Å²) in [6, 6.07) is 0.625. The highest BCUT2D eigenvalue weighted by atomic mass is 16.4. The average molecular weight is 199 g/mol. The van der Waals surface area contributed by atoms with Crippen LogP contribution in [0.15, 0.2) is 0 Å². The summed E-state index contributed by atoms with van der Waals surface area (Å²) in [7, 11) is 2.04. The van der Waals surface area contributed by atoms with Gasteiger partial charge in [-0.1, -0.05) is 13.3 Å². The van der Waals surface area contributed by atoms with Gasteiger partial charge in [0.25, 0.3) is 0 Å². The predicted octanol–water partition coefficient (Wildman–Crippen LogP) is 1.97. The lowest BCUT2D eigenvalue weighted by Gasteiger charge is -2.38. The van der Waals surface area contributed by atoms with Gasteiger partial charge in [0.15, 0.2) is 0 Å². The Bertz CT molecular complexity index is 213.